The van der Waals surface area contributed by atoms with Gasteiger partial charge < -0.3 is 19.0 Å². The van der Waals surface area contributed by atoms with E-state index in [0.717, 1.165) is 30.4 Å². The molecule has 8 heteroatoms. The number of imidazole rings is 1. The number of benzene rings is 1. The maximum absolute atomic E-state index is 13.7. The van der Waals surface area contributed by atoms with Gasteiger partial charge in [-0.05, 0) is 42.2 Å². The molecule has 0 unspecified atom stereocenters. The van der Waals surface area contributed by atoms with Crippen molar-refractivity contribution in [3.63, 3.8) is 0 Å². The van der Waals surface area contributed by atoms with Crippen LogP contribution in [0.25, 0.3) is 0 Å². The molecule has 1 aromatic carbocycles. The molecule has 0 saturated carbocycles. The van der Waals surface area contributed by atoms with Gasteiger partial charge in [-0.3, -0.25) is 9.79 Å². The fourth-order valence-electron chi connectivity index (χ4n) is 4.69. The molecule has 0 fully saturated rings. The Morgan fingerprint density at radius 2 is 1.53 bits per heavy atom. The number of ether oxygens (including phenoxy) is 1. The summed E-state index contributed by atoms with van der Waals surface area (Å²) in [5.41, 5.74) is 2.29. The van der Waals surface area contributed by atoms with E-state index in [4.69, 9.17) is 4.74 Å². The van der Waals surface area contributed by atoms with Crippen molar-refractivity contribution in [2.75, 3.05) is 13.7 Å². The molecule has 1 aromatic heterocycles. The lowest BCUT2D eigenvalue weighted by Gasteiger charge is -2.28. The van der Waals surface area contributed by atoms with E-state index < -0.39 is 5.97 Å². The zero-order valence-electron chi connectivity index (χ0n) is 25.0. The monoisotopic (exact) mass is 593 g/mol. The summed E-state index contributed by atoms with van der Waals surface area (Å²) in [6, 6.07) is 3.60. The van der Waals surface area contributed by atoms with Crippen molar-refractivity contribution >= 4 is 28.7 Å². The van der Waals surface area contributed by atoms with E-state index in [1.165, 1.54) is 0 Å². The first kappa shape index (κ1) is 33.7. The highest BCUT2D eigenvalue weighted by atomic mass is 79.9. The number of esters is 1. The largest absolute Gasteiger partial charge is 0.507 e. The summed E-state index contributed by atoms with van der Waals surface area (Å²) in [5.74, 6) is 0.253. The molecule has 0 spiro atoms. The number of ketones is 1. The number of aromatic hydroxyl groups is 1. The van der Waals surface area contributed by atoms with Crippen molar-refractivity contribution in [3.8, 4) is 5.75 Å². The third-order valence-electron chi connectivity index (χ3n) is 7.03. The van der Waals surface area contributed by atoms with Crippen molar-refractivity contribution in [2.45, 2.75) is 105 Å². The van der Waals surface area contributed by atoms with Crippen LogP contribution >= 0.6 is 17.0 Å². The van der Waals surface area contributed by atoms with E-state index in [-0.39, 0.29) is 52.5 Å². The molecule has 0 amide bonds. The van der Waals surface area contributed by atoms with E-state index in [1.54, 1.807) is 36.9 Å². The molecule has 38 heavy (non-hydrogen) atoms. The Kier molecular flexibility index (Phi) is 12.1. The van der Waals surface area contributed by atoms with Crippen molar-refractivity contribution in [1.82, 2.24) is 9.13 Å². The first-order valence-corrected chi connectivity index (χ1v) is 13.5. The summed E-state index contributed by atoms with van der Waals surface area (Å²) in [6.07, 6.45) is 4.72. The number of carbonyl (C=O) groups excluding carboxylic acids is 2. The van der Waals surface area contributed by atoms with Gasteiger partial charge in [0.1, 0.15) is 11.4 Å². The average molecular weight is 595 g/mol. The minimum Gasteiger partial charge on any atom is -0.507 e. The van der Waals surface area contributed by atoms with Crippen LogP contribution < -0.4 is 5.62 Å². The van der Waals surface area contributed by atoms with Crippen LogP contribution in [0.4, 0.5) is 0 Å². The van der Waals surface area contributed by atoms with Gasteiger partial charge in [-0.15, -0.1) is 17.0 Å². The van der Waals surface area contributed by atoms with Crippen molar-refractivity contribution in [1.29, 1.82) is 0 Å². The Morgan fingerprint density at radius 1 is 1.00 bits per heavy atom. The van der Waals surface area contributed by atoms with Crippen LogP contribution in [-0.2, 0) is 28.7 Å². The van der Waals surface area contributed by atoms with Crippen molar-refractivity contribution in [2.24, 2.45) is 10.9 Å². The lowest BCUT2D eigenvalue weighted by molar-refractivity contribution is 0.0512. The predicted octanol–water partition coefficient (Wildman–Crippen LogP) is 6.58. The lowest BCUT2D eigenvalue weighted by atomic mass is 9.78. The normalized spacial score (nSPS) is 12.6. The average Bonchev–Trinajstić information content (AvgIpc) is 3.15. The number of rotatable bonds is 10. The number of phenolic OH excluding ortho intramolecular Hbond substituents is 1. The molecule has 1 N–H and O–H groups in total. The Bertz CT molecular complexity index is 1140. The summed E-state index contributed by atoms with van der Waals surface area (Å²) >= 11 is 0. The second-order valence-electron chi connectivity index (χ2n) is 11.9. The number of halogens is 1. The second kappa shape index (κ2) is 13.6. The van der Waals surface area contributed by atoms with Crippen LogP contribution in [0.5, 0.6) is 5.75 Å². The first-order valence-electron chi connectivity index (χ1n) is 13.5. The fraction of sp³-hybridized carbons (Fsp3) is 0.633. The smallest absolute Gasteiger partial charge is 0.356 e. The third-order valence-corrected chi connectivity index (χ3v) is 7.03. The molecule has 0 aliphatic heterocycles. The van der Waals surface area contributed by atoms with E-state index >= 15 is 0 Å². The van der Waals surface area contributed by atoms with Crippen LogP contribution in [-0.4, -0.2) is 39.6 Å². The maximum Gasteiger partial charge on any atom is 0.356 e. The highest BCUT2D eigenvalue weighted by Gasteiger charge is 2.28. The minimum absolute atomic E-state index is 0. The molecule has 0 atom stereocenters. The van der Waals surface area contributed by atoms with Crippen LogP contribution in [0.1, 0.15) is 114 Å². The van der Waals surface area contributed by atoms with E-state index in [1.807, 2.05) is 46.1 Å². The summed E-state index contributed by atoms with van der Waals surface area (Å²) in [5, 5.41) is 11.0. The molecule has 214 valence electrons. The molecule has 0 radical (unpaired) electrons. The molecular weight excluding hydrogens is 546 g/mol. The van der Waals surface area contributed by atoms with E-state index in [0.29, 0.717) is 29.3 Å². The minimum atomic E-state index is -0.419. The number of hydrogen-bond donors (Lipinski definition) is 1. The zero-order valence-corrected chi connectivity index (χ0v) is 26.7. The lowest BCUT2D eigenvalue weighted by Crippen LogP contribution is -2.30. The van der Waals surface area contributed by atoms with Crippen LogP contribution in [0.2, 0.25) is 0 Å². The third kappa shape index (κ3) is 7.84. The topological polar surface area (TPSA) is 85.8 Å². The summed E-state index contributed by atoms with van der Waals surface area (Å²) < 4.78 is 8.94. The number of Topliss-reactive ketones (excluding diaryl/α,β-unsaturated/α-hetero) is 1. The molecule has 7 nitrogen and oxygen atoms in total. The van der Waals surface area contributed by atoms with Gasteiger partial charge in [-0.1, -0.05) is 68.2 Å². The molecule has 0 saturated heterocycles. The Labute approximate surface area is 239 Å². The van der Waals surface area contributed by atoms with Crippen molar-refractivity contribution < 1.29 is 19.4 Å². The Balaban J connectivity index is 0.00000722. The number of phenols is 1. The maximum atomic E-state index is 13.7. The van der Waals surface area contributed by atoms with Gasteiger partial charge in [0.15, 0.2) is 5.78 Å². The molecule has 0 aliphatic rings. The number of aromatic nitrogens is 2. The molecule has 1 heterocycles. The number of hydrogen-bond acceptors (Lipinski definition) is 5. The van der Waals surface area contributed by atoms with Gasteiger partial charge in [0.2, 0.25) is 5.62 Å². The quantitative estimate of drug-likeness (QED) is 0.249. The Morgan fingerprint density at radius 3 is 1.95 bits per heavy atom. The van der Waals surface area contributed by atoms with Crippen molar-refractivity contribution in [3.05, 3.63) is 46.3 Å². The van der Waals surface area contributed by atoms with E-state index in [2.05, 4.69) is 18.8 Å². The first-order chi connectivity index (χ1) is 17.2. The van der Waals surface area contributed by atoms with Gasteiger partial charge in [0.25, 0.3) is 0 Å². The van der Waals surface area contributed by atoms with Gasteiger partial charge in [0.05, 0.1) is 13.2 Å². The highest BCUT2D eigenvalue weighted by molar-refractivity contribution is 8.93. The molecule has 2 aromatic rings. The Hall–Kier alpha value is -2.35. The van der Waals surface area contributed by atoms with Gasteiger partial charge in [-0.25, -0.2) is 4.79 Å². The summed E-state index contributed by atoms with van der Waals surface area (Å²) in [6.45, 7) is 19.2. The zero-order chi connectivity index (χ0) is 28.1. The van der Waals surface area contributed by atoms with E-state index in [9.17, 15) is 14.7 Å². The molecular formula is C30H48BrN3O4. The molecule has 2 rings (SSSR count). The molecule has 0 aliphatic carbocycles. The fourth-order valence-corrected chi connectivity index (χ4v) is 4.69. The van der Waals surface area contributed by atoms with Gasteiger partial charge in [-0.2, -0.15) is 0 Å². The number of nitrogens with zero attached hydrogens (tertiary/aromatic N) is 3. The number of carbonyl (C=O) groups is 2. The predicted molar refractivity (Wildman–Crippen MR) is 159 cm³/mol. The summed E-state index contributed by atoms with van der Waals surface area (Å²) in [7, 11) is 1.68. The second-order valence-corrected chi connectivity index (χ2v) is 11.9. The SMILES string of the molecule is Br.CCOC(=O)c1cn(CC(=O)c2cc(C(C)(C)C)c(O)c(C(C)(C)C)c2)c(=NC)n1CCC(CC)CC. The van der Waals surface area contributed by atoms with Gasteiger partial charge >= 0.3 is 5.97 Å². The van der Waals surface area contributed by atoms with Crippen LogP contribution in [0, 0.1) is 5.92 Å². The van der Waals surface area contributed by atoms with Crippen LogP contribution in [0.15, 0.2) is 23.3 Å². The molecule has 0 bridgehead atoms. The van der Waals surface area contributed by atoms with Gasteiger partial charge in [0, 0.05) is 36.5 Å². The summed E-state index contributed by atoms with van der Waals surface area (Å²) in [4.78, 5) is 30.9. The standard InChI is InChI=1S/C30H47N3O4.BrH/c1-11-20(12-2)14-15-33-24(27(36)37-13-3)18-32(28(33)31-10)19-25(34)21-16-22(29(4,5)6)26(35)23(17-21)30(7,8)9;/h16-18,20,35H,11-15,19H2,1-10H3;1H. The van der Waals surface area contributed by atoms with Crippen LogP contribution in [0.3, 0.4) is 0 Å². The highest BCUT2D eigenvalue weighted by Crippen LogP contribution is 2.39.